The van der Waals surface area contributed by atoms with Crippen molar-refractivity contribution < 1.29 is 21.6 Å². The Labute approximate surface area is 212 Å². The van der Waals surface area contributed by atoms with Crippen molar-refractivity contribution in [2.45, 2.75) is 10.4 Å². The van der Waals surface area contributed by atoms with E-state index in [4.69, 9.17) is 10.9 Å². The van der Waals surface area contributed by atoms with Gasteiger partial charge in [-0.25, -0.2) is 22.0 Å². The number of ketones is 1. The molecule has 3 aromatic rings. The Hall–Kier alpha value is -4.42. The highest BCUT2D eigenvalue weighted by Gasteiger charge is 2.52. The Balaban J connectivity index is 2.15. The molecule has 4 rings (SSSR count). The fourth-order valence-electron chi connectivity index (χ4n) is 3.96. The van der Waals surface area contributed by atoms with Gasteiger partial charge in [0.2, 0.25) is 10.0 Å². The number of hydrogen-bond donors (Lipinski definition) is 3. The average Bonchev–Trinajstić information content (AvgIpc) is 2.87. The minimum Gasteiger partial charge on any atom is -0.399 e. The number of allylic oxidation sites excluding steroid dienone is 2. The molecule has 1 aliphatic carbocycles. The van der Waals surface area contributed by atoms with Crippen molar-refractivity contribution >= 4 is 37.1 Å². The lowest BCUT2D eigenvalue weighted by Gasteiger charge is -2.36. The van der Waals surface area contributed by atoms with E-state index in [1.807, 2.05) is 0 Å². The quantitative estimate of drug-likeness (QED) is 0.179. The Bertz CT molecular complexity index is 1700. The summed E-state index contributed by atoms with van der Waals surface area (Å²) in [6.45, 7) is 0. The summed E-state index contributed by atoms with van der Waals surface area (Å²) in [5, 5.41) is 9.13. The van der Waals surface area contributed by atoms with Crippen LogP contribution in [0.15, 0.2) is 112 Å². The Kier molecular flexibility index (Phi) is 6.63. The summed E-state index contributed by atoms with van der Waals surface area (Å²) in [6.07, 6.45) is 0.974. The van der Waals surface area contributed by atoms with Crippen LogP contribution < -0.4 is 15.6 Å². The number of anilines is 1. The van der Waals surface area contributed by atoms with Crippen LogP contribution in [0.4, 0.5) is 5.69 Å². The normalized spacial score (nSPS) is 18.1. The second kappa shape index (κ2) is 9.56. The van der Waals surface area contributed by atoms with Crippen LogP contribution in [0.25, 0.3) is 16.0 Å². The molecule has 13 heteroatoms. The average molecular weight is 537 g/mol. The number of carbonyl (C=O) groups excluding carboxylic acids is 1. The number of nitrogen functional groups attached to an aromatic ring is 1. The van der Waals surface area contributed by atoms with Crippen LogP contribution in [-0.2, 0) is 30.4 Å². The van der Waals surface area contributed by atoms with Gasteiger partial charge in [-0.1, -0.05) is 65.8 Å². The van der Waals surface area contributed by atoms with Crippen LogP contribution in [0.5, 0.6) is 0 Å². The molecule has 37 heavy (non-hydrogen) atoms. The minimum absolute atomic E-state index is 0.0236. The molecule has 188 valence electrons. The van der Waals surface area contributed by atoms with Crippen LogP contribution >= 0.6 is 0 Å². The van der Waals surface area contributed by atoms with Gasteiger partial charge in [0.25, 0.3) is 10.0 Å². The molecule has 1 unspecified atom stereocenters. The molecule has 0 spiro atoms. The molecule has 0 fully saturated rings. The summed E-state index contributed by atoms with van der Waals surface area (Å²) in [5.74, 6) is -1.21. The molecule has 0 amide bonds. The number of carbonyl (C=O) groups is 1. The fourth-order valence-corrected chi connectivity index (χ4v) is 5.78. The number of benzene rings is 3. The zero-order valence-corrected chi connectivity index (χ0v) is 20.6. The molecule has 0 bridgehead atoms. The van der Waals surface area contributed by atoms with E-state index in [1.54, 1.807) is 36.4 Å². The van der Waals surface area contributed by atoms with E-state index >= 15 is 0 Å². The number of rotatable bonds is 7. The topological polar surface area (TPSA) is 198 Å². The van der Waals surface area contributed by atoms with Gasteiger partial charge in [0, 0.05) is 16.2 Å². The molecule has 0 aromatic heterocycles. The van der Waals surface area contributed by atoms with E-state index in [-0.39, 0.29) is 21.7 Å². The number of hydrogen-bond acceptors (Lipinski definition) is 7. The maximum atomic E-state index is 13.9. The molecule has 1 aliphatic rings. The van der Waals surface area contributed by atoms with Crippen LogP contribution in [0, 0.1) is 0 Å². The predicted molar refractivity (Wildman–Crippen MR) is 138 cm³/mol. The van der Waals surface area contributed by atoms with E-state index in [2.05, 4.69) is 14.7 Å². The van der Waals surface area contributed by atoms with Crippen molar-refractivity contribution in [2.24, 2.45) is 10.3 Å². The van der Waals surface area contributed by atoms with Crippen molar-refractivity contribution in [2.75, 3.05) is 5.73 Å². The highest BCUT2D eigenvalue weighted by Crippen LogP contribution is 2.45. The smallest absolute Gasteiger partial charge is 0.261 e. The van der Waals surface area contributed by atoms with Crippen molar-refractivity contribution in [3.8, 4) is 0 Å². The van der Waals surface area contributed by atoms with Gasteiger partial charge in [-0.15, -0.1) is 0 Å². The summed E-state index contributed by atoms with van der Waals surface area (Å²) in [7, 11) is -9.03. The minimum atomic E-state index is -4.63. The number of primary sulfonamides is 1. The summed E-state index contributed by atoms with van der Waals surface area (Å²) < 4.78 is 54.4. The molecule has 5 N–H and O–H groups in total. The number of nitrogens with two attached hydrogens (primary N) is 2. The molecule has 1 atom stereocenters. The van der Waals surface area contributed by atoms with Gasteiger partial charge >= 0.3 is 0 Å². The van der Waals surface area contributed by atoms with Crippen LogP contribution in [-0.4, -0.2) is 22.6 Å². The van der Waals surface area contributed by atoms with E-state index in [0.717, 1.165) is 6.08 Å². The Morgan fingerprint density at radius 3 is 1.97 bits per heavy atom. The van der Waals surface area contributed by atoms with Crippen molar-refractivity contribution in [1.29, 1.82) is 0 Å². The number of Topliss-reactive ketones (excluding diaryl/α,β-unsaturated/α-hetero) is 1. The van der Waals surface area contributed by atoms with Crippen molar-refractivity contribution in [1.82, 2.24) is 4.72 Å². The SMILES string of the molecule is [N-]=[N+]=NC1(c2ccccc2)C(=O)C(S(N)(=O)=O)=CC(c2ccccc2)=C1NS(=O)(=O)c1ccc(N)cc1. The molecule has 0 heterocycles. The monoisotopic (exact) mass is 536 g/mol. The number of nitrogens with one attached hydrogen (secondary N) is 1. The predicted octanol–water partition coefficient (Wildman–Crippen LogP) is 2.92. The molecule has 0 aliphatic heterocycles. The van der Waals surface area contributed by atoms with Gasteiger partial charge in [0.1, 0.15) is 4.91 Å². The first-order chi connectivity index (χ1) is 17.5. The largest absolute Gasteiger partial charge is 0.399 e. The molecule has 3 aromatic carbocycles. The summed E-state index contributed by atoms with van der Waals surface area (Å²) >= 11 is 0. The van der Waals surface area contributed by atoms with Crippen molar-refractivity contribution in [3.05, 3.63) is 123 Å². The lowest BCUT2D eigenvalue weighted by molar-refractivity contribution is -0.119. The molecular weight excluding hydrogens is 516 g/mol. The Morgan fingerprint density at radius 1 is 0.865 bits per heavy atom. The zero-order chi connectivity index (χ0) is 26.8. The summed E-state index contributed by atoms with van der Waals surface area (Å²) in [5.41, 5.74) is 13.1. The standard InChI is InChI=1S/C24H20N6O5S2/c25-18-11-13-19(14-12-18)37(34,35)28-22-20(16-7-3-1-4-8-16)15-21(36(27,32)33)23(31)24(22,29-30-26)17-9-5-2-6-10-17/h1-15,28H,25H2,(H2,27,32,33). The first-order valence-electron chi connectivity index (χ1n) is 10.6. The summed E-state index contributed by atoms with van der Waals surface area (Å²) in [4.78, 5) is 15.6. The van der Waals surface area contributed by atoms with Gasteiger partial charge in [0.15, 0.2) is 11.3 Å². The first-order valence-corrected chi connectivity index (χ1v) is 13.6. The fraction of sp³-hybridized carbons (Fsp3) is 0.0417. The highest BCUT2D eigenvalue weighted by atomic mass is 32.2. The maximum absolute atomic E-state index is 13.9. The van der Waals surface area contributed by atoms with Gasteiger partial charge in [-0.05, 0) is 47.0 Å². The molecular formula is C24H20N6O5S2. The number of nitrogens with zero attached hydrogens (tertiary/aromatic N) is 3. The second-order valence-electron chi connectivity index (χ2n) is 7.98. The van der Waals surface area contributed by atoms with Gasteiger partial charge in [0.05, 0.1) is 10.6 Å². The molecule has 0 saturated heterocycles. The zero-order valence-electron chi connectivity index (χ0n) is 19.0. The van der Waals surface area contributed by atoms with Gasteiger partial charge < -0.3 is 5.73 Å². The van der Waals surface area contributed by atoms with E-state index in [1.165, 1.54) is 48.5 Å². The number of azide groups is 1. The van der Waals surface area contributed by atoms with Crippen molar-refractivity contribution in [3.63, 3.8) is 0 Å². The lowest BCUT2D eigenvalue weighted by Crippen LogP contribution is -2.47. The van der Waals surface area contributed by atoms with Gasteiger partial charge in [-0.3, -0.25) is 9.52 Å². The molecule has 11 nitrogen and oxygen atoms in total. The second-order valence-corrected chi connectivity index (χ2v) is 11.2. The van der Waals surface area contributed by atoms with Crippen LogP contribution in [0.3, 0.4) is 0 Å². The third-order valence-electron chi connectivity index (χ3n) is 5.66. The third kappa shape index (κ3) is 4.71. The van der Waals surface area contributed by atoms with E-state index in [9.17, 15) is 27.2 Å². The maximum Gasteiger partial charge on any atom is 0.261 e. The Morgan fingerprint density at radius 2 is 1.43 bits per heavy atom. The van der Waals surface area contributed by atoms with Gasteiger partial charge in [-0.2, -0.15) is 0 Å². The first kappa shape index (κ1) is 25.7. The van der Waals surface area contributed by atoms with Crippen LogP contribution in [0.2, 0.25) is 0 Å². The van der Waals surface area contributed by atoms with E-state index in [0.29, 0.717) is 11.3 Å². The third-order valence-corrected chi connectivity index (χ3v) is 7.95. The molecule has 0 saturated carbocycles. The number of sulfonamides is 2. The lowest BCUT2D eigenvalue weighted by atomic mass is 9.77. The highest BCUT2D eigenvalue weighted by molar-refractivity contribution is 7.94. The van der Waals surface area contributed by atoms with Crippen LogP contribution in [0.1, 0.15) is 11.1 Å². The summed E-state index contributed by atoms with van der Waals surface area (Å²) in [6, 6.07) is 20.9. The molecule has 0 radical (unpaired) electrons. The van der Waals surface area contributed by atoms with E-state index < -0.39 is 36.3 Å².